The van der Waals surface area contributed by atoms with E-state index in [1.165, 1.54) is 5.69 Å². The van der Waals surface area contributed by atoms with Crippen LogP contribution in [0.25, 0.3) is 0 Å². The Morgan fingerprint density at radius 1 is 1.18 bits per heavy atom. The molecule has 2 aromatic rings. The molecule has 0 bridgehead atoms. The fraction of sp³-hybridized carbons (Fsp3) is 0.571. The molecule has 1 fully saturated rings. The molecule has 3 unspecified atom stereocenters. The van der Waals surface area contributed by atoms with Gasteiger partial charge >= 0.3 is 6.03 Å². The average molecular weight is 383 g/mol. The SMILES string of the molecule is Cc1ccccc1OC1CCCCC1NC(=O)NC1CCc2c(nnn2C)C1. The predicted octanol–water partition coefficient (Wildman–Crippen LogP) is 2.67. The van der Waals surface area contributed by atoms with Gasteiger partial charge in [0, 0.05) is 19.5 Å². The molecule has 2 N–H and O–H groups in total. The van der Waals surface area contributed by atoms with Crippen LogP contribution in [0.3, 0.4) is 0 Å². The van der Waals surface area contributed by atoms with Gasteiger partial charge in [-0.1, -0.05) is 29.8 Å². The Morgan fingerprint density at radius 2 is 2.00 bits per heavy atom. The van der Waals surface area contributed by atoms with Gasteiger partial charge in [-0.25, -0.2) is 4.79 Å². The van der Waals surface area contributed by atoms with E-state index in [2.05, 4.69) is 33.9 Å². The molecule has 0 aliphatic heterocycles. The summed E-state index contributed by atoms with van der Waals surface area (Å²) in [6.45, 7) is 2.05. The third-order valence-electron chi connectivity index (χ3n) is 5.92. The Bertz CT molecular complexity index is 834. The number of aromatic nitrogens is 3. The lowest BCUT2D eigenvalue weighted by Crippen LogP contribution is -2.53. The normalized spacial score (nSPS) is 24.3. The molecule has 7 heteroatoms. The minimum atomic E-state index is -0.109. The first-order valence-corrected chi connectivity index (χ1v) is 10.3. The Kier molecular flexibility index (Phi) is 5.50. The highest BCUT2D eigenvalue weighted by Gasteiger charge is 2.30. The maximum absolute atomic E-state index is 12.6. The Balaban J connectivity index is 1.34. The van der Waals surface area contributed by atoms with Gasteiger partial charge in [0.15, 0.2) is 0 Å². The number of hydrogen-bond donors (Lipinski definition) is 2. The van der Waals surface area contributed by atoms with Gasteiger partial charge < -0.3 is 15.4 Å². The molecule has 2 aliphatic rings. The number of urea groups is 1. The lowest BCUT2D eigenvalue weighted by molar-refractivity contribution is 0.115. The van der Waals surface area contributed by atoms with E-state index in [-0.39, 0.29) is 24.2 Å². The van der Waals surface area contributed by atoms with E-state index in [1.54, 1.807) is 0 Å². The van der Waals surface area contributed by atoms with Crippen LogP contribution in [0.2, 0.25) is 0 Å². The molecule has 0 spiro atoms. The van der Waals surface area contributed by atoms with Crippen LogP contribution in [-0.2, 0) is 19.9 Å². The summed E-state index contributed by atoms with van der Waals surface area (Å²) in [4.78, 5) is 12.6. The second kappa shape index (κ2) is 8.20. The molecule has 28 heavy (non-hydrogen) atoms. The largest absolute Gasteiger partial charge is 0.488 e. The summed E-state index contributed by atoms with van der Waals surface area (Å²) in [7, 11) is 1.92. The molecule has 2 aliphatic carbocycles. The van der Waals surface area contributed by atoms with Crippen LogP contribution in [-0.4, -0.2) is 39.2 Å². The molecule has 1 saturated carbocycles. The number of nitrogens with one attached hydrogen (secondary N) is 2. The van der Waals surface area contributed by atoms with Gasteiger partial charge in [-0.15, -0.1) is 5.10 Å². The van der Waals surface area contributed by atoms with E-state index in [0.29, 0.717) is 0 Å². The number of hydrogen-bond acceptors (Lipinski definition) is 4. The molecule has 1 aromatic heterocycles. The van der Waals surface area contributed by atoms with E-state index in [4.69, 9.17) is 4.74 Å². The summed E-state index contributed by atoms with van der Waals surface area (Å²) in [6, 6.07) is 8.08. The van der Waals surface area contributed by atoms with Crippen LogP contribution in [0.5, 0.6) is 5.75 Å². The number of ether oxygens (including phenoxy) is 1. The second-order valence-electron chi connectivity index (χ2n) is 7.98. The highest BCUT2D eigenvalue weighted by Crippen LogP contribution is 2.26. The number of amides is 2. The number of carbonyl (C=O) groups excluding carboxylic acids is 1. The van der Waals surface area contributed by atoms with Crippen molar-refractivity contribution in [3.8, 4) is 5.75 Å². The van der Waals surface area contributed by atoms with E-state index in [0.717, 1.165) is 62.0 Å². The highest BCUT2D eigenvalue weighted by molar-refractivity contribution is 5.74. The minimum Gasteiger partial charge on any atom is -0.488 e. The quantitative estimate of drug-likeness (QED) is 0.851. The van der Waals surface area contributed by atoms with Crippen molar-refractivity contribution in [3.63, 3.8) is 0 Å². The van der Waals surface area contributed by atoms with Gasteiger partial charge in [-0.3, -0.25) is 4.68 Å². The fourth-order valence-electron chi connectivity index (χ4n) is 4.30. The molecule has 1 heterocycles. The highest BCUT2D eigenvalue weighted by atomic mass is 16.5. The number of benzene rings is 1. The first-order valence-electron chi connectivity index (χ1n) is 10.3. The first kappa shape index (κ1) is 18.8. The molecular weight excluding hydrogens is 354 g/mol. The molecule has 4 rings (SSSR count). The van der Waals surface area contributed by atoms with E-state index < -0.39 is 0 Å². The Morgan fingerprint density at radius 3 is 2.86 bits per heavy atom. The van der Waals surface area contributed by atoms with E-state index >= 15 is 0 Å². The third-order valence-corrected chi connectivity index (χ3v) is 5.92. The molecule has 1 aromatic carbocycles. The summed E-state index contributed by atoms with van der Waals surface area (Å²) in [5, 5.41) is 14.6. The molecule has 150 valence electrons. The van der Waals surface area contributed by atoms with Crippen LogP contribution in [0.15, 0.2) is 24.3 Å². The van der Waals surface area contributed by atoms with Crippen molar-refractivity contribution in [1.82, 2.24) is 25.6 Å². The maximum Gasteiger partial charge on any atom is 0.315 e. The van der Waals surface area contributed by atoms with Gasteiger partial charge in [-0.05, 0) is 50.7 Å². The molecule has 2 amide bonds. The van der Waals surface area contributed by atoms with Crippen LogP contribution in [0.1, 0.15) is 49.1 Å². The number of fused-ring (bicyclic) bond motifs is 1. The second-order valence-corrected chi connectivity index (χ2v) is 7.98. The predicted molar refractivity (Wildman–Crippen MR) is 106 cm³/mol. The van der Waals surface area contributed by atoms with Gasteiger partial charge in [0.1, 0.15) is 11.9 Å². The lowest BCUT2D eigenvalue weighted by atomic mass is 9.92. The molecular formula is C21H29N5O2. The summed E-state index contributed by atoms with van der Waals surface area (Å²) in [5.74, 6) is 0.907. The number of nitrogens with zero attached hydrogens (tertiary/aromatic N) is 3. The number of aryl methyl sites for hydroxylation is 2. The number of carbonyl (C=O) groups is 1. The summed E-state index contributed by atoms with van der Waals surface area (Å²) < 4.78 is 8.11. The van der Waals surface area contributed by atoms with Gasteiger partial charge in [0.2, 0.25) is 0 Å². The van der Waals surface area contributed by atoms with Crippen LogP contribution >= 0.6 is 0 Å². The fourth-order valence-corrected chi connectivity index (χ4v) is 4.30. The monoisotopic (exact) mass is 383 g/mol. The van der Waals surface area contributed by atoms with Crippen LogP contribution in [0.4, 0.5) is 4.79 Å². The summed E-state index contributed by atoms with van der Waals surface area (Å²) >= 11 is 0. The Hall–Kier alpha value is -2.57. The van der Waals surface area contributed by atoms with Crippen molar-refractivity contribution in [1.29, 1.82) is 0 Å². The third kappa shape index (κ3) is 4.13. The minimum absolute atomic E-state index is 0.0125. The van der Waals surface area contributed by atoms with Gasteiger partial charge in [0.25, 0.3) is 0 Å². The molecule has 7 nitrogen and oxygen atoms in total. The van der Waals surface area contributed by atoms with Gasteiger partial charge in [0.05, 0.1) is 17.4 Å². The summed E-state index contributed by atoms with van der Waals surface area (Å²) in [5.41, 5.74) is 3.30. The smallest absolute Gasteiger partial charge is 0.315 e. The number of rotatable bonds is 4. The van der Waals surface area contributed by atoms with Crippen molar-refractivity contribution in [3.05, 3.63) is 41.2 Å². The van der Waals surface area contributed by atoms with Crippen molar-refractivity contribution in [2.45, 2.75) is 70.1 Å². The standard InChI is InChI=1S/C21H29N5O2/c1-14-7-3-5-9-19(14)28-20-10-6-4-8-16(20)23-21(27)22-15-11-12-18-17(13-15)24-25-26(18)2/h3,5,7,9,15-16,20H,4,6,8,10-13H2,1-2H3,(H2,22,23,27). The molecule has 0 saturated heterocycles. The Labute approximate surface area is 165 Å². The van der Waals surface area contributed by atoms with E-state index in [1.807, 2.05) is 29.9 Å². The van der Waals surface area contributed by atoms with Gasteiger partial charge in [-0.2, -0.15) is 0 Å². The van der Waals surface area contributed by atoms with Crippen LogP contribution < -0.4 is 15.4 Å². The zero-order valence-electron chi connectivity index (χ0n) is 16.6. The average Bonchev–Trinajstić information content (AvgIpc) is 3.05. The van der Waals surface area contributed by atoms with Crippen LogP contribution in [0, 0.1) is 6.92 Å². The zero-order chi connectivity index (χ0) is 19.5. The molecule has 3 atom stereocenters. The van der Waals surface area contributed by atoms with Crippen molar-refractivity contribution in [2.75, 3.05) is 0 Å². The maximum atomic E-state index is 12.6. The zero-order valence-corrected chi connectivity index (χ0v) is 16.6. The first-order chi connectivity index (χ1) is 13.6. The number of para-hydroxylation sites is 1. The lowest BCUT2D eigenvalue weighted by Gasteiger charge is -2.33. The molecule has 0 radical (unpaired) electrons. The van der Waals surface area contributed by atoms with Crippen molar-refractivity contribution < 1.29 is 9.53 Å². The summed E-state index contributed by atoms with van der Waals surface area (Å²) in [6.07, 6.45) is 6.72. The van der Waals surface area contributed by atoms with Crippen molar-refractivity contribution in [2.24, 2.45) is 7.05 Å². The van der Waals surface area contributed by atoms with E-state index in [9.17, 15) is 4.79 Å². The van der Waals surface area contributed by atoms with Crippen molar-refractivity contribution >= 4 is 6.03 Å². The topological polar surface area (TPSA) is 81.1 Å².